The van der Waals surface area contributed by atoms with Gasteiger partial charge in [-0.15, -0.1) is 0 Å². The van der Waals surface area contributed by atoms with Crippen LogP contribution in [0, 0.1) is 11.6 Å². The maximum absolute atomic E-state index is 13.2. The van der Waals surface area contributed by atoms with Crippen LogP contribution in [0.15, 0.2) is 30.5 Å². The fraction of sp³-hybridized carbons (Fsp3) is 0. The van der Waals surface area contributed by atoms with Crippen molar-refractivity contribution in [1.82, 2.24) is 24.9 Å². The fourth-order valence-corrected chi connectivity index (χ4v) is 1.82. The van der Waals surface area contributed by atoms with Crippen molar-refractivity contribution >= 4 is 23.5 Å². The molecule has 23 heavy (non-hydrogen) atoms. The molecule has 2 heterocycles. The summed E-state index contributed by atoms with van der Waals surface area (Å²) in [7, 11) is 0. The van der Waals surface area contributed by atoms with E-state index in [0.717, 1.165) is 18.2 Å². The number of benzene rings is 1. The summed E-state index contributed by atoms with van der Waals surface area (Å²) in [5, 5.41) is 2.65. The molecule has 8 nitrogen and oxygen atoms in total. The van der Waals surface area contributed by atoms with Crippen LogP contribution in [0.5, 0.6) is 0 Å². The van der Waals surface area contributed by atoms with Gasteiger partial charge in [-0.25, -0.2) is 18.7 Å². The average Bonchev–Trinajstić information content (AvgIpc) is 2.45. The molecule has 2 aromatic heterocycles. The summed E-state index contributed by atoms with van der Waals surface area (Å²) in [6.07, 6.45) is 1.44. The molecule has 0 unspecified atom stereocenters. The van der Waals surface area contributed by atoms with Gasteiger partial charge in [0.25, 0.3) is 0 Å². The third kappa shape index (κ3) is 3.43. The van der Waals surface area contributed by atoms with Crippen LogP contribution in [-0.2, 0) is 0 Å². The molecule has 5 N–H and O–H groups in total. The zero-order chi connectivity index (χ0) is 16.4. The highest BCUT2D eigenvalue weighted by Gasteiger charge is 2.10. The molecule has 116 valence electrons. The maximum Gasteiger partial charge on any atom is 0.232 e. The van der Waals surface area contributed by atoms with E-state index in [1.165, 1.54) is 12.3 Å². The molecule has 0 bridgehead atoms. The van der Waals surface area contributed by atoms with Gasteiger partial charge in [0.1, 0.15) is 17.3 Å². The van der Waals surface area contributed by atoms with Gasteiger partial charge >= 0.3 is 0 Å². The molecule has 0 aliphatic heterocycles. The van der Waals surface area contributed by atoms with Gasteiger partial charge in [-0.2, -0.15) is 15.0 Å². The zero-order valence-corrected chi connectivity index (χ0v) is 11.5. The van der Waals surface area contributed by atoms with Crippen molar-refractivity contribution in [3.63, 3.8) is 0 Å². The Morgan fingerprint density at radius 2 is 1.61 bits per heavy atom. The minimum atomic E-state index is -0.738. The van der Waals surface area contributed by atoms with Crippen molar-refractivity contribution in [2.75, 3.05) is 16.8 Å². The summed E-state index contributed by atoms with van der Waals surface area (Å²) in [5.74, 6) is -1.37. The number of halogens is 2. The van der Waals surface area contributed by atoms with Crippen LogP contribution in [-0.4, -0.2) is 24.9 Å². The lowest BCUT2D eigenvalue weighted by Crippen LogP contribution is -2.06. The number of rotatable bonds is 3. The molecule has 0 radical (unpaired) electrons. The first-order valence-electron chi connectivity index (χ1n) is 6.33. The summed E-state index contributed by atoms with van der Waals surface area (Å²) in [6.45, 7) is 0. The van der Waals surface area contributed by atoms with E-state index in [4.69, 9.17) is 11.5 Å². The van der Waals surface area contributed by atoms with Crippen LogP contribution in [0.1, 0.15) is 0 Å². The van der Waals surface area contributed by atoms with Gasteiger partial charge in [0.15, 0.2) is 5.82 Å². The Bertz CT molecular complexity index is 850. The van der Waals surface area contributed by atoms with Crippen LogP contribution in [0.4, 0.5) is 32.3 Å². The molecule has 10 heteroatoms. The first-order valence-corrected chi connectivity index (χ1v) is 6.33. The monoisotopic (exact) mass is 316 g/mol. The standard InChI is InChI=1S/C13H10F2N8/c14-6-3-7(15)5-8(4-6)19-13-22-10(21-12(17)23-13)9-1-2-18-11(16)20-9/h1-5H,(H2,16,18,20)(H3,17,19,21,22,23). The van der Waals surface area contributed by atoms with Gasteiger partial charge in [-0.05, 0) is 18.2 Å². The second-order valence-corrected chi connectivity index (χ2v) is 4.42. The number of nitrogen functional groups attached to an aromatic ring is 2. The Hall–Kier alpha value is -3.43. The number of nitrogens with two attached hydrogens (primary N) is 2. The average molecular weight is 316 g/mol. The zero-order valence-electron chi connectivity index (χ0n) is 11.5. The molecular formula is C13H10F2N8. The van der Waals surface area contributed by atoms with Crippen molar-refractivity contribution in [2.24, 2.45) is 0 Å². The Labute approximate surface area is 128 Å². The van der Waals surface area contributed by atoms with E-state index in [1.807, 2.05) is 0 Å². The number of aromatic nitrogens is 5. The summed E-state index contributed by atoms with van der Waals surface area (Å²) in [4.78, 5) is 19.6. The van der Waals surface area contributed by atoms with E-state index < -0.39 is 11.6 Å². The Kier molecular flexibility index (Phi) is 3.63. The summed E-state index contributed by atoms with van der Waals surface area (Å²) >= 11 is 0. The highest BCUT2D eigenvalue weighted by molar-refractivity contribution is 5.58. The van der Waals surface area contributed by atoms with Crippen LogP contribution in [0.2, 0.25) is 0 Å². The summed E-state index contributed by atoms with van der Waals surface area (Å²) in [5.41, 5.74) is 11.6. The first kappa shape index (κ1) is 14.5. The molecule has 3 aromatic rings. The van der Waals surface area contributed by atoms with Crippen LogP contribution >= 0.6 is 0 Å². The molecule has 0 spiro atoms. The maximum atomic E-state index is 13.2. The molecule has 0 aliphatic rings. The quantitative estimate of drug-likeness (QED) is 0.663. The van der Waals surface area contributed by atoms with Crippen LogP contribution in [0.25, 0.3) is 11.5 Å². The largest absolute Gasteiger partial charge is 0.368 e. The number of anilines is 4. The highest BCUT2D eigenvalue weighted by atomic mass is 19.1. The van der Waals surface area contributed by atoms with Crippen molar-refractivity contribution in [1.29, 1.82) is 0 Å². The molecule has 0 saturated carbocycles. The van der Waals surface area contributed by atoms with E-state index in [-0.39, 0.29) is 29.4 Å². The van der Waals surface area contributed by atoms with Gasteiger partial charge < -0.3 is 16.8 Å². The molecule has 0 saturated heterocycles. The molecule has 0 amide bonds. The third-order valence-corrected chi connectivity index (χ3v) is 2.67. The molecule has 1 aromatic carbocycles. The van der Waals surface area contributed by atoms with E-state index in [2.05, 4.69) is 30.2 Å². The minimum absolute atomic E-state index is 0.00897. The van der Waals surface area contributed by atoms with E-state index in [1.54, 1.807) is 0 Å². The second kappa shape index (κ2) is 5.75. The lowest BCUT2D eigenvalue weighted by Gasteiger charge is -2.07. The van der Waals surface area contributed by atoms with E-state index in [0.29, 0.717) is 5.69 Å². The smallest absolute Gasteiger partial charge is 0.232 e. The minimum Gasteiger partial charge on any atom is -0.368 e. The Morgan fingerprint density at radius 3 is 2.30 bits per heavy atom. The van der Waals surface area contributed by atoms with E-state index >= 15 is 0 Å². The number of hydrogen-bond acceptors (Lipinski definition) is 8. The molecule has 0 atom stereocenters. The van der Waals surface area contributed by atoms with Gasteiger partial charge in [0.2, 0.25) is 17.8 Å². The fourth-order valence-electron chi connectivity index (χ4n) is 1.82. The van der Waals surface area contributed by atoms with Gasteiger partial charge in [-0.3, -0.25) is 0 Å². The van der Waals surface area contributed by atoms with E-state index in [9.17, 15) is 8.78 Å². The highest BCUT2D eigenvalue weighted by Crippen LogP contribution is 2.19. The Balaban J connectivity index is 1.97. The number of hydrogen-bond donors (Lipinski definition) is 3. The summed E-state index contributed by atoms with van der Waals surface area (Å²) < 4.78 is 26.4. The Morgan fingerprint density at radius 1 is 0.870 bits per heavy atom. The topological polar surface area (TPSA) is 129 Å². The lowest BCUT2D eigenvalue weighted by atomic mass is 10.3. The predicted octanol–water partition coefficient (Wildman–Crippen LogP) is 1.51. The second-order valence-electron chi connectivity index (χ2n) is 4.42. The molecule has 0 aliphatic carbocycles. The van der Waals surface area contributed by atoms with Crippen molar-refractivity contribution in [2.45, 2.75) is 0 Å². The summed E-state index contributed by atoms with van der Waals surface area (Å²) in [6, 6.07) is 4.47. The molecule has 3 rings (SSSR count). The van der Waals surface area contributed by atoms with Crippen molar-refractivity contribution < 1.29 is 8.78 Å². The van der Waals surface area contributed by atoms with Crippen molar-refractivity contribution in [3.05, 3.63) is 42.1 Å². The normalized spacial score (nSPS) is 10.5. The number of nitrogens with one attached hydrogen (secondary N) is 1. The SMILES string of the molecule is Nc1nccc(-c2nc(N)nc(Nc3cc(F)cc(F)c3)n2)n1. The molecule has 0 fully saturated rings. The third-order valence-electron chi connectivity index (χ3n) is 2.67. The van der Waals surface area contributed by atoms with Gasteiger partial charge in [-0.1, -0.05) is 0 Å². The van der Waals surface area contributed by atoms with Gasteiger partial charge in [0.05, 0.1) is 0 Å². The van der Waals surface area contributed by atoms with Gasteiger partial charge in [0, 0.05) is 18.0 Å². The number of nitrogens with zero attached hydrogens (tertiary/aromatic N) is 5. The van der Waals surface area contributed by atoms with Crippen LogP contribution < -0.4 is 16.8 Å². The predicted molar refractivity (Wildman–Crippen MR) is 79.3 cm³/mol. The molecular weight excluding hydrogens is 306 g/mol. The first-order chi connectivity index (χ1) is 11.0. The van der Waals surface area contributed by atoms with Crippen molar-refractivity contribution in [3.8, 4) is 11.5 Å². The lowest BCUT2D eigenvalue weighted by molar-refractivity contribution is 0.584. The van der Waals surface area contributed by atoms with Crippen LogP contribution in [0.3, 0.4) is 0 Å².